The Labute approximate surface area is 143 Å². The Morgan fingerprint density at radius 1 is 1.12 bits per heavy atom. The van der Waals surface area contributed by atoms with E-state index in [2.05, 4.69) is 17.1 Å². The van der Waals surface area contributed by atoms with Gasteiger partial charge in [0.15, 0.2) is 0 Å². The van der Waals surface area contributed by atoms with Gasteiger partial charge in [-0.15, -0.1) is 0 Å². The summed E-state index contributed by atoms with van der Waals surface area (Å²) in [5.74, 6) is 0. The van der Waals surface area contributed by atoms with E-state index in [9.17, 15) is 9.90 Å². The molecule has 0 saturated carbocycles. The van der Waals surface area contributed by atoms with Crippen LogP contribution in [-0.4, -0.2) is 42.8 Å². The first-order chi connectivity index (χ1) is 11.6. The van der Waals surface area contributed by atoms with Crippen LogP contribution in [-0.2, 0) is 6.54 Å². The average molecular weight is 327 g/mol. The topological polar surface area (TPSA) is 55.8 Å². The number of hydrogen-bond donors (Lipinski definition) is 2. The number of carbonyl (C=O) groups excluding carboxylic acids is 1. The number of carbonyl (C=O) groups is 1. The van der Waals surface area contributed by atoms with Crippen LogP contribution in [0.15, 0.2) is 54.6 Å². The van der Waals surface area contributed by atoms with E-state index in [1.165, 1.54) is 0 Å². The van der Waals surface area contributed by atoms with Crippen LogP contribution in [0.2, 0.25) is 0 Å². The van der Waals surface area contributed by atoms with Gasteiger partial charge in [0.1, 0.15) is 0 Å². The molecule has 2 aromatic rings. The van der Waals surface area contributed by atoms with Crippen LogP contribution in [0.3, 0.4) is 0 Å². The highest BCUT2D eigenvalue weighted by Crippen LogP contribution is 2.19. The predicted octanol–water partition coefficient (Wildman–Crippen LogP) is 3.17. The van der Waals surface area contributed by atoms with E-state index in [4.69, 9.17) is 0 Å². The van der Waals surface area contributed by atoms with E-state index in [0.717, 1.165) is 23.5 Å². The zero-order chi connectivity index (χ0) is 17.4. The van der Waals surface area contributed by atoms with E-state index >= 15 is 0 Å². The third-order valence-electron chi connectivity index (χ3n) is 3.89. The Balaban J connectivity index is 2.07. The van der Waals surface area contributed by atoms with E-state index in [-0.39, 0.29) is 19.2 Å². The number of hydrogen-bond acceptors (Lipinski definition) is 3. The Kier molecular flexibility index (Phi) is 6.63. The molecular weight excluding hydrogens is 302 g/mol. The molecule has 0 atom stereocenters. The lowest BCUT2D eigenvalue weighted by Gasteiger charge is -2.23. The first-order valence-corrected chi connectivity index (χ1v) is 8.16. The van der Waals surface area contributed by atoms with Gasteiger partial charge in [-0.2, -0.15) is 0 Å². The number of benzene rings is 2. The second-order valence-electron chi connectivity index (χ2n) is 5.63. The molecule has 5 nitrogen and oxygen atoms in total. The van der Waals surface area contributed by atoms with Crippen LogP contribution in [0.1, 0.15) is 12.5 Å². The maximum atomic E-state index is 12.5. The van der Waals surface area contributed by atoms with Gasteiger partial charge in [0.2, 0.25) is 0 Å². The summed E-state index contributed by atoms with van der Waals surface area (Å²) in [5.41, 5.74) is 2.82. The molecule has 0 radical (unpaired) electrons. The standard InChI is InChI=1S/C19H25N3O2/c1-3-21(2)18-11-7-10-17(14-18)20-19(24)22(12-13-23)15-16-8-5-4-6-9-16/h4-11,14,23H,3,12-13,15H2,1-2H3,(H,20,24). The predicted molar refractivity (Wildman–Crippen MR) is 98.3 cm³/mol. The molecule has 0 spiro atoms. The van der Waals surface area contributed by atoms with Gasteiger partial charge in [-0.1, -0.05) is 36.4 Å². The molecule has 0 aliphatic heterocycles. The first-order valence-electron chi connectivity index (χ1n) is 8.16. The number of amides is 2. The van der Waals surface area contributed by atoms with Crippen LogP contribution in [0.4, 0.5) is 16.2 Å². The summed E-state index contributed by atoms with van der Waals surface area (Å²) in [5, 5.41) is 12.2. The van der Waals surface area contributed by atoms with Gasteiger partial charge in [-0.3, -0.25) is 0 Å². The normalized spacial score (nSPS) is 10.3. The maximum Gasteiger partial charge on any atom is 0.322 e. The first kappa shape index (κ1) is 17.8. The van der Waals surface area contributed by atoms with Gasteiger partial charge in [0.05, 0.1) is 6.61 Å². The molecule has 24 heavy (non-hydrogen) atoms. The van der Waals surface area contributed by atoms with Crippen LogP contribution in [0, 0.1) is 0 Å². The van der Waals surface area contributed by atoms with Crippen molar-refractivity contribution in [3.63, 3.8) is 0 Å². The van der Waals surface area contributed by atoms with Crippen molar-refractivity contribution >= 4 is 17.4 Å². The fourth-order valence-corrected chi connectivity index (χ4v) is 2.38. The molecule has 2 amide bonds. The molecule has 2 N–H and O–H groups in total. The Bertz CT molecular complexity index is 646. The Morgan fingerprint density at radius 3 is 2.54 bits per heavy atom. The number of anilines is 2. The third-order valence-corrected chi connectivity index (χ3v) is 3.89. The minimum atomic E-state index is -0.218. The molecule has 0 bridgehead atoms. The number of aliphatic hydroxyl groups excluding tert-OH is 1. The van der Waals surface area contributed by atoms with Crippen LogP contribution in [0.25, 0.3) is 0 Å². The molecule has 0 aliphatic rings. The largest absolute Gasteiger partial charge is 0.395 e. The fraction of sp³-hybridized carbons (Fsp3) is 0.316. The molecule has 0 saturated heterocycles. The van der Waals surface area contributed by atoms with Crippen LogP contribution < -0.4 is 10.2 Å². The molecule has 0 unspecified atom stereocenters. The van der Waals surface area contributed by atoms with Crippen LogP contribution >= 0.6 is 0 Å². The zero-order valence-electron chi connectivity index (χ0n) is 14.3. The number of nitrogens with one attached hydrogen (secondary N) is 1. The van der Waals surface area contributed by atoms with Crippen molar-refractivity contribution in [1.29, 1.82) is 0 Å². The minimum absolute atomic E-state index is 0.0706. The SMILES string of the molecule is CCN(C)c1cccc(NC(=O)N(CCO)Cc2ccccc2)c1. The van der Waals surface area contributed by atoms with Crippen molar-refractivity contribution in [2.45, 2.75) is 13.5 Å². The smallest absolute Gasteiger partial charge is 0.322 e. The molecule has 0 aliphatic carbocycles. The van der Waals surface area contributed by atoms with Gasteiger partial charge in [0.25, 0.3) is 0 Å². The summed E-state index contributed by atoms with van der Waals surface area (Å²) in [4.78, 5) is 16.3. The lowest BCUT2D eigenvalue weighted by Crippen LogP contribution is -2.36. The summed E-state index contributed by atoms with van der Waals surface area (Å²) < 4.78 is 0. The van der Waals surface area contributed by atoms with Gasteiger partial charge in [-0.05, 0) is 30.7 Å². The number of rotatable bonds is 7. The van der Waals surface area contributed by atoms with E-state index in [1.54, 1.807) is 4.90 Å². The molecule has 0 heterocycles. The summed E-state index contributed by atoms with van der Waals surface area (Å²) in [6.07, 6.45) is 0. The molecule has 0 fully saturated rings. The Morgan fingerprint density at radius 2 is 1.88 bits per heavy atom. The lowest BCUT2D eigenvalue weighted by atomic mass is 10.2. The second kappa shape index (κ2) is 8.93. The van der Waals surface area contributed by atoms with E-state index in [1.807, 2.05) is 61.6 Å². The summed E-state index contributed by atoms with van der Waals surface area (Å²) in [7, 11) is 2.01. The summed E-state index contributed by atoms with van der Waals surface area (Å²) >= 11 is 0. The molecule has 2 aromatic carbocycles. The Hall–Kier alpha value is -2.53. The molecule has 5 heteroatoms. The lowest BCUT2D eigenvalue weighted by molar-refractivity contribution is 0.185. The number of aliphatic hydroxyl groups is 1. The van der Waals surface area contributed by atoms with Gasteiger partial charge >= 0.3 is 6.03 Å². The molecule has 0 aromatic heterocycles. The zero-order valence-corrected chi connectivity index (χ0v) is 14.3. The molecule has 128 valence electrons. The van der Waals surface area contributed by atoms with Crippen molar-refractivity contribution in [2.24, 2.45) is 0 Å². The van der Waals surface area contributed by atoms with Gasteiger partial charge < -0.3 is 20.2 Å². The molecular formula is C19H25N3O2. The third kappa shape index (κ3) is 4.99. The van der Waals surface area contributed by atoms with E-state index < -0.39 is 0 Å². The van der Waals surface area contributed by atoms with Crippen molar-refractivity contribution in [3.05, 3.63) is 60.2 Å². The highest BCUT2D eigenvalue weighted by molar-refractivity contribution is 5.89. The average Bonchev–Trinajstić information content (AvgIpc) is 2.61. The summed E-state index contributed by atoms with van der Waals surface area (Å²) in [6, 6.07) is 17.3. The molecule has 2 rings (SSSR count). The number of urea groups is 1. The summed E-state index contributed by atoms with van der Waals surface area (Å²) in [6.45, 7) is 3.64. The van der Waals surface area contributed by atoms with Crippen molar-refractivity contribution in [3.8, 4) is 0 Å². The number of nitrogens with zero attached hydrogens (tertiary/aromatic N) is 2. The van der Waals surface area contributed by atoms with Crippen molar-refractivity contribution < 1.29 is 9.90 Å². The van der Waals surface area contributed by atoms with Crippen molar-refractivity contribution in [1.82, 2.24) is 4.90 Å². The van der Waals surface area contributed by atoms with Crippen molar-refractivity contribution in [2.75, 3.05) is 37.0 Å². The monoisotopic (exact) mass is 327 g/mol. The quantitative estimate of drug-likeness (QED) is 0.821. The second-order valence-corrected chi connectivity index (χ2v) is 5.63. The fourth-order valence-electron chi connectivity index (χ4n) is 2.38. The minimum Gasteiger partial charge on any atom is -0.395 e. The van der Waals surface area contributed by atoms with Gasteiger partial charge in [0, 0.05) is 38.1 Å². The van der Waals surface area contributed by atoms with E-state index in [0.29, 0.717) is 6.54 Å². The highest BCUT2D eigenvalue weighted by Gasteiger charge is 2.14. The highest BCUT2D eigenvalue weighted by atomic mass is 16.3. The maximum absolute atomic E-state index is 12.5. The van der Waals surface area contributed by atoms with Gasteiger partial charge in [-0.25, -0.2) is 4.79 Å². The van der Waals surface area contributed by atoms with Crippen LogP contribution in [0.5, 0.6) is 0 Å².